The normalized spacial score (nSPS) is 19.6. The van der Waals surface area contributed by atoms with Crippen LogP contribution in [0.3, 0.4) is 0 Å². The van der Waals surface area contributed by atoms with Crippen LogP contribution in [0.4, 0.5) is 11.4 Å². The zero-order valence-electron chi connectivity index (χ0n) is 20.1. The van der Waals surface area contributed by atoms with Crippen LogP contribution in [0.2, 0.25) is 0 Å². The summed E-state index contributed by atoms with van der Waals surface area (Å²) in [5, 5.41) is 39.0. The van der Waals surface area contributed by atoms with Gasteiger partial charge in [0, 0.05) is 25.0 Å². The van der Waals surface area contributed by atoms with Crippen LogP contribution in [-0.4, -0.2) is 44.1 Å². The van der Waals surface area contributed by atoms with Gasteiger partial charge in [0.05, 0.1) is 23.2 Å². The Morgan fingerprint density at radius 1 is 0.579 bits per heavy atom. The average molecular weight is 517 g/mol. The fourth-order valence-electron chi connectivity index (χ4n) is 4.98. The first-order valence-corrected chi connectivity index (χ1v) is 12.0. The van der Waals surface area contributed by atoms with Crippen LogP contribution in [-0.2, 0) is 32.0 Å². The topological polar surface area (TPSA) is 156 Å². The maximum absolute atomic E-state index is 13.0. The number of benzene rings is 3. The predicted molar refractivity (Wildman–Crippen MR) is 135 cm³/mol. The summed E-state index contributed by atoms with van der Waals surface area (Å²) in [6.07, 6.45) is 0.158. The van der Waals surface area contributed by atoms with E-state index in [0.717, 1.165) is 9.80 Å². The Morgan fingerprint density at radius 2 is 0.947 bits per heavy atom. The van der Waals surface area contributed by atoms with Gasteiger partial charge < -0.3 is 20.4 Å². The number of carbonyl (C=O) groups excluding carboxylic acids is 4. The summed E-state index contributed by atoms with van der Waals surface area (Å²) in [5.74, 6) is -3.59. The number of rotatable bonds is 6. The first-order chi connectivity index (χ1) is 18.1. The zero-order chi connectivity index (χ0) is 27.1. The van der Waals surface area contributed by atoms with Gasteiger partial charge in [0.25, 0.3) is 0 Å². The van der Waals surface area contributed by atoms with Crippen molar-refractivity contribution in [3.05, 3.63) is 71.8 Å². The van der Waals surface area contributed by atoms with Gasteiger partial charge in [-0.05, 0) is 60.4 Å². The van der Waals surface area contributed by atoms with E-state index in [2.05, 4.69) is 0 Å². The number of carbonyl (C=O) groups is 4. The molecule has 3 aromatic carbocycles. The summed E-state index contributed by atoms with van der Waals surface area (Å²) in [5.41, 5.74) is 1.47. The maximum atomic E-state index is 13.0. The lowest BCUT2D eigenvalue weighted by molar-refractivity contribution is -0.123. The highest BCUT2D eigenvalue weighted by molar-refractivity contribution is 6.22. The number of phenolic OH excluding ortho intramolecular Hbond substituents is 4. The Hall–Kier alpha value is -4.86. The minimum Gasteiger partial charge on any atom is -0.508 e. The Kier molecular flexibility index (Phi) is 6.23. The molecule has 2 unspecified atom stereocenters. The lowest BCUT2D eigenvalue weighted by Crippen LogP contribution is -2.32. The second-order valence-electron chi connectivity index (χ2n) is 9.49. The van der Waals surface area contributed by atoms with Gasteiger partial charge in [-0.1, -0.05) is 12.1 Å². The number of hydrogen-bond donors (Lipinski definition) is 4. The average Bonchev–Trinajstić information content (AvgIpc) is 3.30. The smallest absolute Gasteiger partial charge is 0.237 e. The summed E-state index contributed by atoms with van der Waals surface area (Å²) in [7, 11) is 0. The van der Waals surface area contributed by atoms with Crippen molar-refractivity contribution >= 4 is 35.0 Å². The third kappa shape index (κ3) is 4.52. The number of anilines is 2. The highest BCUT2D eigenvalue weighted by Crippen LogP contribution is 2.35. The molecule has 4 amide bonds. The van der Waals surface area contributed by atoms with E-state index in [-0.39, 0.29) is 48.7 Å². The van der Waals surface area contributed by atoms with Crippen molar-refractivity contribution < 1.29 is 39.6 Å². The molecule has 2 aliphatic heterocycles. The fraction of sp³-hybridized carbons (Fsp3) is 0.214. The Labute approximate surface area is 217 Å². The highest BCUT2D eigenvalue weighted by atomic mass is 16.3. The van der Waals surface area contributed by atoms with Crippen LogP contribution >= 0.6 is 0 Å². The van der Waals surface area contributed by atoms with Crippen LogP contribution < -0.4 is 9.80 Å². The second-order valence-corrected chi connectivity index (χ2v) is 9.49. The van der Waals surface area contributed by atoms with E-state index in [1.165, 1.54) is 60.7 Å². The summed E-state index contributed by atoms with van der Waals surface area (Å²) >= 11 is 0. The highest BCUT2D eigenvalue weighted by Gasteiger charge is 2.41. The van der Waals surface area contributed by atoms with E-state index in [4.69, 9.17) is 0 Å². The van der Waals surface area contributed by atoms with Gasteiger partial charge in [-0.2, -0.15) is 0 Å². The van der Waals surface area contributed by atoms with Crippen molar-refractivity contribution in [1.29, 1.82) is 0 Å². The molecule has 0 spiro atoms. The summed E-state index contributed by atoms with van der Waals surface area (Å²) < 4.78 is 0. The van der Waals surface area contributed by atoms with E-state index >= 15 is 0 Å². The molecule has 194 valence electrons. The van der Waals surface area contributed by atoms with E-state index in [1.54, 1.807) is 0 Å². The van der Waals surface area contributed by atoms with E-state index in [1.807, 2.05) is 0 Å². The molecule has 38 heavy (non-hydrogen) atoms. The van der Waals surface area contributed by atoms with E-state index < -0.39 is 35.5 Å². The molecule has 2 atom stereocenters. The molecule has 0 radical (unpaired) electrons. The van der Waals surface area contributed by atoms with Crippen molar-refractivity contribution in [2.24, 2.45) is 11.8 Å². The summed E-state index contributed by atoms with van der Waals surface area (Å²) in [6.45, 7) is 0. The minimum absolute atomic E-state index is 0.0458. The van der Waals surface area contributed by atoms with Crippen molar-refractivity contribution in [1.82, 2.24) is 0 Å². The molecule has 2 aliphatic rings. The van der Waals surface area contributed by atoms with Crippen LogP contribution in [0.1, 0.15) is 24.0 Å². The van der Waals surface area contributed by atoms with Gasteiger partial charge >= 0.3 is 0 Å². The van der Waals surface area contributed by atoms with Gasteiger partial charge in [0.15, 0.2) is 0 Å². The van der Waals surface area contributed by atoms with Gasteiger partial charge in [0.2, 0.25) is 23.6 Å². The molecule has 0 aromatic heterocycles. The Bertz CT molecular complexity index is 1360. The van der Waals surface area contributed by atoms with Crippen LogP contribution in [0.25, 0.3) is 0 Å². The van der Waals surface area contributed by atoms with Gasteiger partial charge in [0.1, 0.15) is 23.0 Å². The SMILES string of the molecule is O=C1CC(Cc2ccc(O)cc2O)C(=O)N1c1ccc(N2C(=O)CC(Cc3ccc(O)cc3O)C2=O)cc1. The molecule has 10 nitrogen and oxygen atoms in total. The predicted octanol–water partition coefficient (Wildman–Crippen LogP) is 2.75. The molecular weight excluding hydrogens is 492 g/mol. The first kappa shape index (κ1) is 24.8. The third-order valence-electron chi connectivity index (χ3n) is 6.92. The van der Waals surface area contributed by atoms with Crippen LogP contribution in [0, 0.1) is 11.8 Å². The Balaban J connectivity index is 1.29. The van der Waals surface area contributed by atoms with Crippen molar-refractivity contribution in [3.8, 4) is 23.0 Å². The van der Waals surface area contributed by atoms with Crippen molar-refractivity contribution in [3.63, 3.8) is 0 Å². The van der Waals surface area contributed by atoms with E-state index in [0.29, 0.717) is 22.5 Å². The van der Waals surface area contributed by atoms with Gasteiger partial charge in [-0.25, -0.2) is 0 Å². The third-order valence-corrected chi connectivity index (χ3v) is 6.92. The molecule has 5 rings (SSSR count). The molecular formula is C28H24N2O8. The molecule has 0 bridgehead atoms. The summed E-state index contributed by atoms with van der Waals surface area (Å²) in [4.78, 5) is 53.5. The fourth-order valence-corrected chi connectivity index (χ4v) is 4.98. The van der Waals surface area contributed by atoms with Crippen LogP contribution in [0.5, 0.6) is 23.0 Å². The molecule has 0 aliphatic carbocycles. The molecule has 4 N–H and O–H groups in total. The number of imide groups is 2. The number of hydrogen-bond acceptors (Lipinski definition) is 8. The molecule has 0 saturated carbocycles. The molecule has 2 saturated heterocycles. The largest absolute Gasteiger partial charge is 0.508 e. The van der Waals surface area contributed by atoms with Crippen molar-refractivity contribution in [2.75, 3.05) is 9.80 Å². The molecule has 10 heteroatoms. The number of amides is 4. The number of phenols is 4. The molecule has 3 aromatic rings. The standard InChI is InChI=1S/C28H24N2O8/c31-21-7-1-15(23(33)13-21)9-17-11-25(35)29(27(17)37)19-3-5-20(6-4-19)30-26(36)12-18(28(30)38)10-16-2-8-22(32)14-24(16)34/h1-8,13-14,17-18,31-34H,9-12H2. The lowest BCUT2D eigenvalue weighted by atomic mass is 9.97. The quantitative estimate of drug-likeness (QED) is 0.365. The van der Waals surface area contributed by atoms with Gasteiger partial charge in [-0.15, -0.1) is 0 Å². The van der Waals surface area contributed by atoms with Crippen molar-refractivity contribution in [2.45, 2.75) is 25.7 Å². The summed E-state index contributed by atoms with van der Waals surface area (Å²) in [6, 6.07) is 14.1. The zero-order valence-corrected chi connectivity index (χ0v) is 20.1. The molecule has 2 fully saturated rings. The molecule has 2 heterocycles. The lowest BCUT2D eigenvalue weighted by Gasteiger charge is -2.19. The number of aromatic hydroxyl groups is 4. The van der Waals surface area contributed by atoms with Gasteiger partial charge in [-0.3, -0.25) is 29.0 Å². The monoisotopic (exact) mass is 516 g/mol. The van der Waals surface area contributed by atoms with Crippen LogP contribution in [0.15, 0.2) is 60.7 Å². The maximum Gasteiger partial charge on any atom is 0.237 e. The first-order valence-electron chi connectivity index (χ1n) is 12.0. The van der Waals surface area contributed by atoms with E-state index in [9.17, 15) is 39.6 Å². The second kappa shape index (κ2) is 9.55. The number of nitrogens with zero attached hydrogens (tertiary/aromatic N) is 2. The Morgan fingerprint density at radius 3 is 1.29 bits per heavy atom. The minimum atomic E-state index is -0.684.